The smallest absolute Gasteiger partial charge is 0.261 e. The zero-order valence-corrected chi connectivity index (χ0v) is 22.0. The Bertz CT molecular complexity index is 1650. The maximum absolute atomic E-state index is 13.0. The van der Waals surface area contributed by atoms with E-state index in [0.29, 0.717) is 23.5 Å². The molecule has 37 heavy (non-hydrogen) atoms. The van der Waals surface area contributed by atoms with Crippen molar-refractivity contribution in [1.82, 2.24) is 0 Å². The van der Waals surface area contributed by atoms with E-state index in [1.165, 1.54) is 24.3 Å². The minimum atomic E-state index is -3.88. The van der Waals surface area contributed by atoms with Crippen LogP contribution < -0.4 is 14.3 Å². The van der Waals surface area contributed by atoms with E-state index in [9.17, 15) is 21.6 Å². The summed E-state index contributed by atoms with van der Waals surface area (Å²) in [6, 6.07) is 25.5. The van der Waals surface area contributed by atoms with E-state index in [1.807, 2.05) is 49.4 Å². The lowest BCUT2D eigenvalue weighted by Gasteiger charge is -2.24. The molecular formula is C27H27N3O5S2. The van der Waals surface area contributed by atoms with Gasteiger partial charge >= 0.3 is 0 Å². The number of nitrogens with one attached hydrogen (secondary N) is 2. The fourth-order valence-electron chi connectivity index (χ4n) is 4.00. The van der Waals surface area contributed by atoms with Crippen LogP contribution in [-0.2, 0) is 31.3 Å². The van der Waals surface area contributed by atoms with Crippen LogP contribution in [0.4, 0.5) is 17.1 Å². The molecule has 0 aliphatic carbocycles. The van der Waals surface area contributed by atoms with Crippen LogP contribution in [0.3, 0.4) is 0 Å². The molecule has 0 saturated heterocycles. The summed E-state index contributed by atoms with van der Waals surface area (Å²) in [7, 11) is -7.61. The molecule has 0 fully saturated rings. The highest BCUT2D eigenvalue weighted by molar-refractivity contribution is 7.92. The molecule has 2 N–H and O–H groups in total. The molecule has 8 nitrogen and oxygen atoms in total. The van der Waals surface area contributed by atoms with Gasteiger partial charge in [0.15, 0.2) is 0 Å². The van der Waals surface area contributed by atoms with Gasteiger partial charge in [-0.05, 0) is 53.8 Å². The molecule has 192 valence electrons. The Labute approximate surface area is 217 Å². The highest BCUT2D eigenvalue weighted by atomic mass is 32.2. The fraction of sp³-hybridized carbons (Fsp3) is 0.148. The van der Waals surface area contributed by atoms with Crippen molar-refractivity contribution in [3.8, 4) is 0 Å². The Morgan fingerprint density at radius 2 is 1.46 bits per heavy atom. The molecule has 1 amide bonds. The number of sulfonamides is 2. The molecule has 0 aliphatic rings. The first-order valence-electron chi connectivity index (χ1n) is 11.5. The normalized spacial score (nSPS) is 11.7. The van der Waals surface area contributed by atoms with Crippen LogP contribution in [0.1, 0.15) is 12.5 Å². The van der Waals surface area contributed by atoms with Crippen LogP contribution in [-0.4, -0.2) is 35.5 Å². The van der Waals surface area contributed by atoms with Crippen molar-refractivity contribution in [1.29, 1.82) is 0 Å². The average molecular weight is 538 g/mol. The van der Waals surface area contributed by atoms with Crippen molar-refractivity contribution in [3.63, 3.8) is 0 Å². The molecule has 4 rings (SSSR count). The summed E-state index contributed by atoms with van der Waals surface area (Å²) in [4.78, 5) is 12.8. The summed E-state index contributed by atoms with van der Waals surface area (Å²) in [5.74, 6) is -0.555. The number of hydrogen-bond donors (Lipinski definition) is 2. The van der Waals surface area contributed by atoms with Crippen LogP contribution in [0.5, 0.6) is 0 Å². The number of carbonyl (C=O) groups is 1. The van der Waals surface area contributed by atoms with Gasteiger partial charge in [0, 0.05) is 11.1 Å². The Balaban J connectivity index is 1.49. The lowest BCUT2D eigenvalue weighted by molar-refractivity contribution is -0.114. The molecule has 0 aromatic heterocycles. The molecule has 0 unspecified atom stereocenters. The first kappa shape index (κ1) is 26.2. The highest BCUT2D eigenvalue weighted by Gasteiger charge is 2.23. The summed E-state index contributed by atoms with van der Waals surface area (Å²) >= 11 is 0. The molecule has 0 spiro atoms. The number of benzene rings is 4. The van der Waals surface area contributed by atoms with E-state index < -0.39 is 32.5 Å². The number of nitrogens with zero attached hydrogens (tertiary/aromatic N) is 1. The molecule has 4 aromatic carbocycles. The monoisotopic (exact) mass is 537 g/mol. The summed E-state index contributed by atoms with van der Waals surface area (Å²) in [5.41, 5.74) is 2.05. The Morgan fingerprint density at radius 3 is 2.16 bits per heavy atom. The molecule has 0 saturated carbocycles. The first-order chi connectivity index (χ1) is 17.6. The minimum Gasteiger partial charge on any atom is -0.325 e. The van der Waals surface area contributed by atoms with Crippen molar-refractivity contribution in [2.24, 2.45) is 0 Å². The number of fused-ring (bicyclic) bond motifs is 1. The van der Waals surface area contributed by atoms with Gasteiger partial charge in [0.05, 0.1) is 22.5 Å². The number of aryl methyl sites for hydroxylation is 1. The molecular weight excluding hydrogens is 510 g/mol. The van der Waals surface area contributed by atoms with Gasteiger partial charge in [0.25, 0.3) is 10.0 Å². The third kappa shape index (κ3) is 6.10. The molecule has 0 heterocycles. The molecule has 0 bridgehead atoms. The third-order valence-corrected chi connectivity index (χ3v) is 8.32. The van der Waals surface area contributed by atoms with Gasteiger partial charge in [-0.15, -0.1) is 0 Å². The Kier molecular flexibility index (Phi) is 7.51. The van der Waals surface area contributed by atoms with E-state index in [-0.39, 0.29) is 4.90 Å². The van der Waals surface area contributed by atoms with E-state index in [0.717, 1.165) is 26.9 Å². The predicted octanol–water partition coefficient (Wildman–Crippen LogP) is 4.61. The lowest BCUT2D eigenvalue weighted by Crippen LogP contribution is -2.38. The van der Waals surface area contributed by atoms with Crippen molar-refractivity contribution in [2.75, 3.05) is 27.1 Å². The Morgan fingerprint density at radius 1 is 0.811 bits per heavy atom. The maximum Gasteiger partial charge on any atom is 0.261 e. The van der Waals surface area contributed by atoms with Crippen molar-refractivity contribution < 1.29 is 21.6 Å². The molecule has 0 radical (unpaired) electrons. The topological polar surface area (TPSA) is 113 Å². The second-order valence-electron chi connectivity index (χ2n) is 8.46. The van der Waals surface area contributed by atoms with Gasteiger partial charge < -0.3 is 5.32 Å². The van der Waals surface area contributed by atoms with Gasteiger partial charge in [-0.3, -0.25) is 13.8 Å². The van der Waals surface area contributed by atoms with Crippen LogP contribution in [0.2, 0.25) is 0 Å². The number of carbonyl (C=O) groups excluding carboxylic acids is 1. The van der Waals surface area contributed by atoms with Crippen molar-refractivity contribution in [2.45, 2.75) is 18.2 Å². The second-order valence-corrected chi connectivity index (χ2v) is 12.0. The number of amides is 1. The summed E-state index contributed by atoms with van der Waals surface area (Å²) in [6.07, 6.45) is 1.65. The fourth-order valence-corrected chi connectivity index (χ4v) is 5.97. The van der Waals surface area contributed by atoms with Crippen LogP contribution in [0.25, 0.3) is 10.8 Å². The first-order valence-corrected chi connectivity index (χ1v) is 14.9. The zero-order chi connectivity index (χ0) is 26.6. The number of hydrogen-bond acceptors (Lipinski definition) is 5. The lowest BCUT2D eigenvalue weighted by atomic mass is 10.1. The molecule has 10 heteroatoms. The van der Waals surface area contributed by atoms with E-state index in [4.69, 9.17) is 0 Å². The van der Waals surface area contributed by atoms with Gasteiger partial charge in [0.2, 0.25) is 15.9 Å². The number of para-hydroxylation sites is 1. The van der Waals surface area contributed by atoms with E-state index in [2.05, 4.69) is 10.0 Å². The highest BCUT2D eigenvalue weighted by Crippen LogP contribution is 2.26. The van der Waals surface area contributed by atoms with Crippen LogP contribution in [0.15, 0.2) is 95.9 Å². The van der Waals surface area contributed by atoms with Crippen molar-refractivity contribution >= 4 is 53.8 Å². The number of rotatable bonds is 9. The third-order valence-electron chi connectivity index (χ3n) is 5.81. The van der Waals surface area contributed by atoms with E-state index in [1.54, 1.807) is 24.3 Å². The Hall–Kier alpha value is -3.89. The average Bonchev–Trinajstić information content (AvgIpc) is 2.87. The van der Waals surface area contributed by atoms with Gasteiger partial charge in [-0.2, -0.15) is 0 Å². The van der Waals surface area contributed by atoms with Crippen LogP contribution >= 0.6 is 0 Å². The molecule has 0 aliphatic heterocycles. The largest absolute Gasteiger partial charge is 0.325 e. The standard InChI is InChI=1S/C27H27N3O5S2/c1-3-20-9-5-7-14-26(20)30(36(2,32)33)19-27(31)28-22-15-17-23(18-16-22)37(34,35)29-25-13-8-11-21-10-4-6-12-24(21)25/h4-18,29H,3,19H2,1-2H3,(H,28,31). The quantitative estimate of drug-likeness (QED) is 0.324. The minimum absolute atomic E-state index is 0.0214. The zero-order valence-electron chi connectivity index (χ0n) is 20.4. The second kappa shape index (κ2) is 10.6. The number of anilines is 3. The predicted molar refractivity (Wildman–Crippen MR) is 148 cm³/mol. The summed E-state index contributed by atoms with van der Waals surface area (Å²) < 4.78 is 54.5. The molecule has 4 aromatic rings. The van der Waals surface area contributed by atoms with Gasteiger partial charge in [0.1, 0.15) is 6.54 Å². The van der Waals surface area contributed by atoms with Gasteiger partial charge in [-0.1, -0.05) is 61.5 Å². The maximum atomic E-state index is 13.0. The molecule has 0 atom stereocenters. The van der Waals surface area contributed by atoms with Crippen LogP contribution in [0, 0.1) is 0 Å². The summed E-state index contributed by atoms with van der Waals surface area (Å²) in [6.45, 7) is 1.49. The van der Waals surface area contributed by atoms with Crippen molar-refractivity contribution in [3.05, 3.63) is 96.6 Å². The van der Waals surface area contributed by atoms with E-state index >= 15 is 0 Å². The summed E-state index contributed by atoms with van der Waals surface area (Å²) in [5, 5.41) is 4.33. The van der Waals surface area contributed by atoms with Gasteiger partial charge in [-0.25, -0.2) is 16.8 Å². The SMILES string of the molecule is CCc1ccccc1N(CC(=O)Nc1ccc(S(=O)(=O)Nc2cccc3ccccc23)cc1)S(C)(=O)=O.